The first-order chi connectivity index (χ1) is 16.2. The van der Waals surface area contributed by atoms with Crippen molar-refractivity contribution >= 4 is 33.8 Å². The Kier molecular flexibility index (Phi) is 7.02. The van der Waals surface area contributed by atoms with Crippen LogP contribution in [0.3, 0.4) is 0 Å². The van der Waals surface area contributed by atoms with Crippen molar-refractivity contribution in [1.82, 2.24) is 10.3 Å². The molecule has 1 heterocycles. The van der Waals surface area contributed by atoms with E-state index in [4.69, 9.17) is 10.5 Å². The van der Waals surface area contributed by atoms with Crippen LogP contribution in [-0.2, 0) is 16.1 Å². The zero-order valence-electron chi connectivity index (χ0n) is 18.4. The van der Waals surface area contributed by atoms with Gasteiger partial charge in [0, 0.05) is 17.5 Å². The van der Waals surface area contributed by atoms with Gasteiger partial charge in [0.15, 0.2) is 0 Å². The monoisotopic (exact) mass is 439 g/mol. The summed E-state index contributed by atoms with van der Waals surface area (Å²) in [6.07, 6.45) is 1.69. The van der Waals surface area contributed by atoms with Crippen molar-refractivity contribution in [1.29, 1.82) is 0 Å². The standard InChI is InChI=1S/C26H25N5O2/c1-2-33-25(32)17-28-15-19-14-24(26(27)22-11-7-6-10-21(19)22)31-30-20-12-13-23(29-16-20)18-8-4-3-5-9-18/h3-14,16,28H,2,15,17,27H2,1H3. The molecule has 0 spiro atoms. The number of nitrogen functional groups attached to an aromatic ring is 1. The summed E-state index contributed by atoms with van der Waals surface area (Å²) in [7, 11) is 0. The molecule has 0 fully saturated rings. The van der Waals surface area contributed by atoms with Gasteiger partial charge in [0.05, 0.1) is 30.7 Å². The molecule has 3 N–H and O–H groups in total. The molecule has 4 aromatic rings. The van der Waals surface area contributed by atoms with Crippen molar-refractivity contribution in [2.45, 2.75) is 13.5 Å². The number of aromatic nitrogens is 1. The van der Waals surface area contributed by atoms with Gasteiger partial charge in [-0.3, -0.25) is 9.78 Å². The minimum absolute atomic E-state index is 0.128. The van der Waals surface area contributed by atoms with Crippen LogP contribution in [0, 0.1) is 0 Å². The maximum absolute atomic E-state index is 11.6. The molecule has 7 nitrogen and oxygen atoms in total. The van der Waals surface area contributed by atoms with E-state index in [1.807, 2.05) is 72.8 Å². The van der Waals surface area contributed by atoms with Crippen molar-refractivity contribution in [3.05, 3.63) is 84.6 Å². The largest absolute Gasteiger partial charge is 0.465 e. The van der Waals surface area contributed by atoms with Crippen LogP contribution in [0.4, 0.5) is 17.1 Å². The molecule has 0 aliphatic heterocycles. The Morgan fingerprint density at radius 2 is 1.76 bits per heavy atom. The quantitative estimate of drug-likeness (QED) is 0.213. The number of esters is 1. The van der Waals surface area contributed by atoms with E-state index in [-0.39, 0.29) is 12.5 Å². The topological polar surface area (TPSA) is 102 Å². The molecule has 0 aliphatic rings. The molecular formula is C26H25N5O2. The van der Waals surface area contributed by atoms with Crippen molar-refractivity contribution < 1.29 is 9.53 Å². The molecule has 0 amide bonds. The summed E-state index contributed by atoms with van der Waals surface area (Å²) in [5.74, 6) is -0.288. The first-order valence-electron chi connectivity index (χ1n) is 10.8. The van der Waals surface area contributed by atoms with Crippen molar-refractivity contribution in [2.75, 3.05) is 18.9 Å². The zero-order chi connectivity index (χ0) is 23.0. The molecule has 0 saturated carbocycles. The molecule has 0 atom stereocenters. The van der Waals surface area contributed by atoms with Gasteiger partial charge in [-0.2, -0.15) is 0 Å². The van der Waals surface area contributed by atoms with Crippen LogP contribution >= 0.6 is 0 Å². The number of azo groups is 1. The summed E-state index contributed by atoms with van der Waals surface area (Å²) >= 11 is 0. The average Bonchev–Trinajstić information content (AvgIpc) is 2.86. The highest BCUT2D eigenvalue weighted by atomic mass is 16.5. The summed E-state index contributed by atoms with van der Waals surface area (Å²) < 4.78 is 4.97. The Labute approximate surface area is 192 Å². The summed E-state index contributed by atoms with van der Waals surface area (Å²) in [5, 5.41) is 13.8. The zero-order valence-corrected chi connectivity index (χ0v) is 18.4. The van der Waals surface area contributed by atoms with Gasteiger partial charge in [-0.05, 0) is 36.1 Å². The van der Waals surface area contributed by atoms with Crippen molar-refractivity contribution in [3.63, 3.8) is 0 Å². The summed E-state index contributed by atoms with van der Waals surface area (Å²) in [6, 6.07) is 23.5. The maximum atomic E-state index is 11.6. The second-order valence-electron chi connectivity index (χ2n) is 7.39. The highest BCUT2D eigenvalue weighted by molar-refractivity contribution is 6.00. The van der Waals surface area contributed by atoms with Gasteiger partial charge in [0.1, 0.15) is 11.4 Å². The first-order valence-corrected chi connectivity index (χ1v) is 10.8. The summed E-state index contributed by atoms with van der Waals surface area (Å²) in [4.78, 5) is 16.1. The Morgan fingerprint density at radius 3 is 2.48 bits per heavy atom. The lowest BCUT2D eigenvalue weighted by Crippen LogP contribution is -2.24. The lowest BCUT2D eigenvalue weighted by Gasteiger charge is -2.12. The van der Waals surface area contributed by atoms with Crippen LogP contribution in [0.2, 0.25) is 0 Å². The number of anilines is 1. The number of nitrogens with two attached hydrogens (primary N) is 1. The fourth-order valence-electron chi connectivity index (χ4n) is 3.53. The Balaban J connectivity index is 1.57. The number of pyridine rings is 1. The number of hydrogen-bond acceptors (Lipinski definition) is 7. The number of ether oxygens (including phenoxy) is 1. The SMILES string of the molecule is CCOC(=O)CNCc1cc(N=Nc2ccc(-c3ccccc3)nc2)c(N)c2ccccc12. The van der Waals surface area contributed by atoms with Gasteiger partial charge < -0.3 is 15.8 Å². The Bertz CT molecular complexity index is 1270. The molecule has 0 aliphatic carbocycles. The number of nitrogens with zero attached hydrogens (tertiary/aromatic N) is 3. The van der Waals surface area contributed by atoms with Crippen LogP contribution in [0.1, 0.15) is 12.5 Å². The molecule has 166 valence electrons. The van der Waals surface area contributed by atoms with E-state index in [1.54, 1.807) is 13.1 Å². The number of benzene rings is 3. The normalized spacial score (nSPS) is 11.2. The third-order valence-corrected chi connectivity index (χ3v) is 5.13. The minimum atomic E-state index is -0.288. The predicted octanol–water partition coefficient (Wildman–Crippen LogP) is 5.55. The second-order valence-corrected chi connectivity index (χ2v) is 7.39. The van der Waals surface area contributed by atoms with E-state index in [0.717, 1.165) is 27.6 Å². The Morgan fingerprint density at radius 1 is 1.00 bits per heavy atom. The minimum Gasteiger partial charge on any atom is -0.465 e. The first kappa shape index (κ1) is 22.1. The number of rotatable bonds is 8. The lowest BCUT2D eigenvalue weighted by molar-refractivity contribution is -0.142. The van der Waals surface area contributed by atoms with Gasteiger partial charge >= 0.3 is 5.97 Å². The smallest absolute Gasteiger partial charge is 0.319 e. The van der Waals surface area contributed by atoms with Crippen molar-refractivity contribution in [2.24, 2.45) is 10.2 Å². The van der Waals surface area contributed by atoms with Crippen LogP contribution in [-0.4, -0.2) is 24.1 Å². The van der Waals surface area contributed by atoms with Crippen LogP contribution < -0.4 is 11.1 Å². The Hall–Kier alpha value is -4.10. The van der Waals surface area contributed by atoms with Gasteiger partial charge in [0.25, 0.3) is 0 Å². The van der Waals surface area contributed by atoms with E-state index in [1.165, 1.54) is 0 Å². The third kappa shape index (κ3) is 5.39. The third-order valence-electron chi connectivity index (χ3n) is 5.13. The van der Waals surface area contributed by atoms with Gasteiger partial charge in [0.2, 0.25) is 0 Å². The molecule has 4 rings (SSSR count). The fourth-order valence-corrected chi connectivity index (χ4v) is 3.53. The van der Waals surface area contributed by atoms with E-state index < -0.39 is 0 Å². The predicted molar refractivity (Wildman–Crippen MR) is 131 cm³/mol. The highest BCUT2D eigenvalue weighted by Crippen LogP contribution is 2.35. The van der Waals surface area contributed by atoms with E-state index in [0.29, 0.717) is 30.2 Å². The molecule has 0 unspecified atom stereocenters. The number of hydrogen-bond donors (Lipinski definition) is 2. The number of nitrogens with one attached hydrogen (secondary N) is 1. The number of carbonyl (C=O) groups is 1. The molecular weight excluding hydrogens is 414 g/mol. The van der Waals surface area contributed by atoms with Crippen LogP contribution in [0.15, 0.2) is 89.2 Å². The molecule has 1 aromatic heterocycles. The number of carbonyl (C=O) groups excluding carboxylic acids is 1. The van der Waals surface area contributed by atoms with Gasteiger partial charge in [-0.1, -0.05) is 54.6 Å². The highest BCUT2D eigenvalue weighted by Gasteiger charge is 2.10. The molecule has 0 bridgehead atoms. The maximum Gasteiger partial charge on any atom is 0.319 e. The van der Waals surface area contributed by atoms with E-state index in [2.05, 4.69) is 20.5 Å². The van der Waals surface area contributed by atoms with Gasteiger partial charge in [-0.15, -0.1) is 10.2 Å². The average molecular weight is 440 g/mol. The fraction of sp³-hybridized carbons (Fsp3) is 0.154. The molecule has 3 aromatic carbocycles. The summed E-state index contributed by atoms with van der Waals surface area (Å²) in [5.41, 5.74) is 11.0. The van der Waals surface area contributed by atoms with Crippen molar-refractivity contribution in [3.8, 4) is 11.3 Å². The van der Waals surface area contributed by atoms with Crippen LogP contribution in [0.5, 0.6) is 0 Å². The van der Waals surface area contributed by atoms with Gasteiger partial charge in [-0.25, -0.2) is 0 Å². The number of fused-ring (bicyclic) bond motifs is 1. The van der Waals surface area contributed by atoms with Crippen LogP contribution in [0.25, 0.3) is 22.0 Å². The molecule has 7 heteroatoms. The van der Waals surface area contributed by atoms with E-state index in [9.17, 15) is 4.79 Å². The molecule has 0 radical (unpaired) electrons. The molecule has 0 saturated heterocycles. The lowest BCUT2D eigenvalue weighted by atomic mass is 10.0. The van der Waals surface area contributed by atoms with E-state index >= 15 is 0 Å². The molecule has 33 heavy (non-hydrogen) atoms. The second kappa shape index (κ2) is 10.5. The summed E-state index contributed by atoms with van der Waals surface area (Å²) in [6.45, 7) is 2.74.